The number of aliphatic hydroxyl groups is 1. The molecule has 0 aliphatic carbocycles. The van der Waals surface area contributed by atoms with E-state index in [1.54, 1.807) is 0 Å². The van der Waals surface area contributed by atoms with E-state index in [0.29, 0.717) is 19.3 Å². The Morgan fingerprint density at radius 2 is 1.96 bits per heavy atom. The second kappa shape index (κ2) is 10.9. The number of hydrogen-bond donors (Lipinski definition) is 2. The topological polar surface area (TPSA) is 93.1 Å². The Morgan fingerprint density at radius 3 is 2.65 bits per heavy atom. The Bertz CT molecular complexity index is 436. The van der Waals surface area contributed by atoms with Crippen LogP contribution in [0.4, 0.5) is 4.79 Å². The van der Waals surface area contributed by atoms with Gasteiger partial charge in [0, 0.05) is 12.8 Å². The SMILES string of the molecule is CCCCC#C[C@@H](O)[C@@H]1OC(=O)O[C@H]1CCCCCCC(=O)O. The highest BCUT2D eigenvalue weighted by atomic mass is 16.8. The van der Waals surface area contributed by atoms with Crippen LogP contribution in [0.3, 0.4) is 0 Å². The summed E-state index contributed by atoms with van der Waals surface area (Å²) in [6.07, 6.45) is 3.56. The predicted molar refractivity (Wildman–Crippen MR) is 83.8 cm³/mol. The molecule has 0 unspecified atom stereocenters. The number of unbranched alkanes of at least 4 members (excludes halogenated alkanes) is 5. The first-order chi connectivity index (χ1) is 11.0. The Morgan fingerprint density at radius 1 is 1.22 bits per heavy atom. The number of rotatable bonds is 10. The van der Waals surface area contributed by atoms with Crippen LogP contribution in [0.15, 0.2) is 0 Å². The van der Waals surface area contributed by atoms with Gasteiger partial charge in [-0.05, 0) is 25.7 Å². The van der Waals surface area contributed by atoms with Crippen LogP contribution in [0, 0.1) is 11.8 Å². The van der Waals surface area contributed by atoms with Crippen LogP contribution in [-0.2, 0) is 14.3 Å². The highest BCUT2D eigenvalue weighted by molar-refractivity contribution is 5.66. The minimum absolute atomic E-state index is 0.177. The van der Waals surface area contributed by atoms with E-state index in [0.717, 1.165) is 32.1 Å². The molecule has 2 N–H and O–H groups in total. The van der Waals surface area contributed by atoms with Gasteiger partial charge in [-0.1, -0.05) is 32.1 Å². The summed E-state index contributed by atoms with van der Waals surface area (Å²) >= 11 is 0. The summed E-state index contributed by atoms with van der Waals surface area (Å²) in [7, 11) is 0. The van der Waals surface area contributed by atoms with Gasteiger partial charge < -0.3 is 19.7 Å². The molecule has 0 aromatic carbocycles. The highest BCUT2D eigenvalue weighted by Crippen LogP contribution is 2.23. The molecule has 0 bridgehead atoms. The fraction of sp³-hybridized carbons (Fsp3) is 0.765. The van der Waals surface area contributed by atoms with Crippen molar-refractivity contribution in [2.45, 2.75) is 83.0 Å². The van der Waals surface area contributed by atoms with Crippen molar-refractivity contribution in [2.24, 2.45) is 0 Å². The molecule has 0 saturated carbocycles. The third kappa shape index (κ3) is 7.89. The second-order valence-electron chi connectivity index (χ2n) is 5.70. The van der Waals surface area contributed by atoms with E-state index in [1.165, 1.54) is 0 Å². The first kappa shape index (κ1) is 19.3. The van der Waals surface area contributed by atoms with Gasteiger partial charge in [-0.2, -0.15) is 0 Å². The van der Waals surface area contributed by atoms with Crippen LogP contribution >= 0.6 is 0 Å². The van der Waals surface area contributed by atoms with Crippen molar-refractivity contribution in [3.05, 3.63) is 0 Å². The van der Waals surface area contributed by atoms with Crippen molar-refractivity contribution in [2.75, 3.05) is 0 Å². The molecule has 6 heteroatoms. The number of hydrogen-bond acceptors (Lipinski definition) is 5. The van der Waals surface area contributed by atoms with Gasteiger partial charge in [0.25, 0.3) is 0 Å². The lowest BCUT2D eigenvalue weighted by molar-refractivity contribution is -0.137. The molecule has 1 aliphatic heterocycles. The van der Waals surface area contributed by atoms with Crippen LogP contribution < -0.4 is 0 Å². The fourth-order valence-electron chi connectivity index (χ4n) is 2.40. The number of aliphatic carboxylic acids is 1. The van der Waals surface area contributed by atoms with Gasteiger partial charge in [0.1, 0.15) is 6.10 Å². The molecule has 0 radical (unpaired) electrons. The van der Waals surface area contributed by atoms with Crippen LogP contribution in [0.2, 0.25) is 0 Å². The maximum absolute atomic E-state index is 11.3. The first-order valence-electron chi connectivity index (χ1n) is 8.30. The maximum atomic E-state index is 11.3. The summed E-state index contributed by atoms with van der Waals surface area (Å²) in [4.78, 5) is 21.7. The summed E-state index contributed by atoms with van der Waals surface area (Å²) in [5.41, 5.74) is 0. The molecule has 6 nitrogen and oxygen atoms in total. The highest BCUT2D eigenvalue weighted by Gasteiger charge is 2.40. The number of ether oxygens (including phenoxy) is 2. The molecule has 23 heavy (non-hydrogen) atoms. The second-order valence-corrected chi connectivity index (χ2v) is 5.70. The quantitative estimate of drug-likeness (QED) is 0.364. The number of carbonyl (C=O) groups is 2. The molecule has 1 heterocycles. The third-order valence-corrected chi connectivity index (χ3v) is 3.69. The van der Waals surface area contributed by atoms with Crippen molar-refractivity contribution in [1.82, 2.24) is 0 Å². The molecule has 0 amide bonds. The molecule has 130 valence electrons. The lowest BCUT2D eigenvalue weighted by Crippen LogP contribution is -2.34. The van der Waals surface area contributed by atoms with E-state index >= 15 is 0 Å². The normalized spacial score (nSPS) is 21.0. The summed E-state index contributed by atoms with van der Waals surface area (Å²) in [6.45, 7) is 2.07. The average Bonchev–Trinajstić information content (AvgIpc) is 2.87. The molecule has 1 fully saturated rings. The summed E-state index contributed by atoms with van der Waals surface area (Å²) in [5, 5.41) is 18.6. The van der Waals surface area contributed by atoms with E-state index in [1.807, 2.05) is 0 Å². The Labute approximate surface area is 137 Å². The van der Waals surface area contributed by atoms with Crippen LogP contribution in [0.5, 0.6) is 0 Å². The van der Waals surface area contributed by atoms with E-state index in [2.05, 4.69) is 18.8 Å². The van der Waals surface area contributed by atoms with E-state index in [9.17, 15) is 14.7 Å². The lowest BCUT2D eigenvalue weighted by Gasteiger charge is -2.17. The average molecular weight is 326 g/mol. The largest absolute Gasteiger partial charge is 0.509 e. The third-order valence-electron chi connectivity index (χ3n) is 3.69. The molecule has 0 aromatic heterocycles. The Balaban J connectivity index is 2.32. The number of carboxylic acid groups (broad SMARTS) is 1. The molecule has 1 saturated heterocycles. The van der Waals surface area contributed by atoms with Gasteiger partial charge in [0.2, 0.25) is 0 Å². The summed E-state index contributed by atoms with van der Waals surface area (Å²) < 4.78 is 10.1. The smallest absolute Gasteiger partial charge is 0.481 e. The van der Waals surface area contributed by atoms with E-state index in [-0.39, 0.29) is 6.42 Å². The number of carboxylic acids is 1. The standard InChI is InChI=1S/C17H26O6/c1-2-3-4-7-10-13(18)16-14(22-17(21)23-16)11-8-5-6-9-12-15(19)20/h13-14,16,18H,2-6,8-9,11-12H2,1H3,(H,19,20)/t13-,14+,16+/m1/s1. The monoisotopic (exact) mass is 326 g/mol. The minimum Gasteiger partial charge on any atom is -0.481 e. The van der Waals surface area contributed by atoms with Gasteiger partial charge in [0.15, 0.2) is 12.2 Å². The zero-order valence-corrected chi connectivity index (χ0v) is 13.6. The summed E-state index contributed by atoms with van der Waals surface area (Å²) in [5.74, 6) is 4.82. The molecular weight excluding hydrogens is 300 g/mol. The zero-order chi connectivity index (χ0) is 17.1. The zero-order valence-electron chi connectivity index (χ0n) is 13.6. The lowest BCUT2D eigenvalue weighted by atomic mass is 10.0. The minimum atomic E-state index is -1.03. The Hall–Kier alpha value is -1.74. The van der Waals surface area contributed by atoms with Crippen molar-refractivity contribution < 1.29 is 29.3 Å². The van der Waals surface area contributed by atoms with Crippen LogP contribution in [-0.4, -0.2) is 40.6 Å². The van der Waals surface area contributed by atoms with Gasteiger partial charge in [0.05, 0.1) is 0 Å². The van der Waals surface area contributed by atoms with Crippen LogP contribution in [0.25, 0.3) is 0 Å². The molecule has 0 aromatic rings. The predicted octanol–water partition coefficient (Wildman–Crippen LogP) is 2.87. The molecule has 1 aliphatic rings. The maximum Gasteiger partial charge on any atom is 0.509 e. The Kier molecular flexibility index (Phi) is 9.15. The number of carbonyl (C=O) groups excluding carboxylic acids is 1. The molecule has 0 spiro atoms. The van der Waals surface area contributed by atoms with E-state index in [4.69, 9.17) is 14.6 Å². The first-order valence-corrected chi connectivity index (χ1v) is 8.30. The summed E-state index contributed by atoms with van der Waals surface area (Å²) in [6, 6.07) is 0. The van der Waals surface area contributed by atoms with Crippen molar-refractivity contribution in [1.29, 1.82) is 0 Å². The van der Waals surface area contributed by atoms with Crippen LogP contribution in [0.1, 0.15) is 64.7 Å². The molecular formula is C17H26O6. The van der Waals surface area contributed by atoms with Gasteiger partial charge in [-0.25, -0.2) is 4.79 Å². The molecule has 1 rings (SSSR count). The van der Waals surface area contributed by atoms with Crippen molar-refractivity contribution in [3.63, 3.8) is 0 Å². The van der Waals surface area contributed by atoms with Crippen molar-refractivity contribution >= 4 is 12.1 Å². The fourth-order valence-corrected chi connectivity index (χ4v) is 2.40. The number of aliphatic hydroxyl groups excluding tert-OH is 1. The molecule has 3 atom stereocenters. The van der Waals surface area contributed by atoms with Crippen molar-refractivity contribution in [3.8, 4) is 11.8 Å². The van der Waals surface area contributed by atoms with Gasteiger partial charge in [-0.15, -0.1) is 5.92 Å². The van der Waals surface area contributed by atoms with Gasteiger partial charge in [-0.3, -0.25) is 4.79 Å². The van der Waals surface area contributed by atoms with Gasteiger partial charge >= 0.3 is 12.1 Å². The van der Waals surface area contributed by atoms with E-state index < -0.39 is 30.4 Å². The number of cyclic esters (lactones) is 2.